The molecule has 0 aliphatic heterocycles. The highest BCUT2D eigenvalue weighted by Crippen LogP contribution is 2.14. The molecule has 1 atom stereocenters. The van der Waals surface area contributed by atoms with Crippen LogP contribution in [0.15, 0.2) is 0 Å². The summed E-state index contributed by atoms with van der Waals surface area (Å²) >= 11 is 0. The summed E-state index contributed by atoms with van der Waals surface area (Å²) in [5.74, 6) is -0.542. The lowest BCUT2D eigenvalue weighted by molar-refractivity contribution is -0.166. The Kier molecular flexibility index (Phi) is 38.5. The van der Waals surface area contributed by atoms with Crippen molar-refractivity contribution >= 4 is 11.9 Å². The second-order valence-corrected chi connectivity index (χ2v) is 13.5. The van der Waals surface area contributed by atoms with Gasteiger partial charge < -0.3 is 33.2 Å². The van der Waals surface area contributed by atoms with E-state index >= 15 is 0 Å². The molecule has 292 valence electrons. The number of hydrogen-bond donors (Lipinski definition) is 0. The van der Waals surface area contributed by atoms with Crippen LogP contribution in [0.4, 0.5) is 0 Å². The number of unbranched alkanes of at least 4 members (excludes halogenated alkanes) is 20. The Labute approximate surface area is 301 Å². The van der Waals surface area contributed by atoms with E-state index in [1.165, 1.54) is 103 Å². The topological polar surface area (TPSA) is 98.8 Å². The van der Waals surface area contributed by atoms with Gasteiger partial charge in [0.15, 0.2) is 6.10 Å². The summed E-state index contributed by atoms with van der Waals surface area (Å²) in [6.07, 6.45) is 26.6. The Hall–Kier alpha value is -1.26. The smallest absolute Gasteiger partial charge is 0.306 e. The molecule has 0 fully saturated rings. The van der Waals surface area contributed by atoms with E-state index in [1.807, 2.05) is 0 Å². The van der Waals surface area contributed by atoms with Crippen LogP contribution in [0.25, 0.3) is 0 Å². The molecule has 0 saturated carbocycles. The fourth-order valence-corrected chi connectivity index (χ4v) is 5.59. The number of esters is 2. The monoisotopic (exact) mass is 703 g/mol. The third kappa shape index (κ3) is 36.3. The Morgan fingerprint density at radius 1 is 0.429 bits per heavy atom. The van der Waals surface area contributed by atoms with Gasteiger partial charge in [-0.15, -0.1) is 0 Å². The van der Waals surface area contributed by atoms with Gasteiger partial charge in [-0.1, -0.05) is 142 Å². The van der Waals surface area contributed by atoms with Gasteiger partial charge in [0, 0.05) is 27.1 Å². The number of hydrogen-bond acceptors (Lipinski definition) is 9. The molecule has 0 aromatic heterocycles. The van der Waals surface area contributed by atoms with Gasteiger partial charge >= 0.3 is 11.9 Å². The number of carbonyl (C=O) groups is 2. The number of methoxy groups -OCH3 is 2. The first kappa shape index (κ1) is 47.7. The van der Waals surface area contributed by atoms with Crippen molar-refractivity contribution < 1.29 is 42.7 Å². The van der Waals surface area contributed by atoms with Crippen LogP contribution in [0, 0.1) is 0 Å². The quantitative estimate of drug-likeness (QED) is 0.0457. The zero-order valence-corrected chi connectivity index (χ0v) is 32.5. The van der Waals surface area contributed by atoms with Gasteiger partial charge in [-0.3, -0.25) is 9.59 Å². The highest BCUT2D eigenvalue weighted by molar-refractivity contribution is 5.70. The van der Waals surface area contributed by atoms with E-state index in [9.17, 15) is 9.59 Å². The van der Waals surface area contributed by atoms with Crippen LogP contribution in [-0.4, -0.2) is 91.2 Å². The van der Waals surface area contributed by atoms with Crippen LogP contribution in [0.5, 0.6) is 0 Å². The molecule has 0 saturated heterocycles. The van der Waals surface area contributed by atoms with Crippen molar-refractivity contribution in [2.24, 2.45) is 0 Å². The van der Waals surface area contributed by atoms with Crippen molar-refractivity contribution in [2.75, 3.05) is 67.1 Å². The average Bonchev–Trinajstić information content (AvgIpc) is 3.10. The van der Waals surface area contributed by atoms with Crippen molar-refractivity contribution in [1.82, 2.24) is 0 Å². The molecule has 0 heterocycles. The molecule has 0 amide bonds. The van der Waals surface area contributed by atoms with Crippen LogP contribution < -0.4 is 0 Å². The van der Waals surface area contributed by atoms with E-state index in [2.05, 4.69) is 13.8 Å². The van der Waals surface area contributed by atoms with E-state index in [0.29, 0.717) is 52.5 Å². The molecule has 0 aromatic rings. The summed E-state index contributed by atoms with van der Waals surface area (Å²) in [6.45, 7) is 6.98. The van der Waals surface area contributed by atoms with Crippen LogP contribution in [-0.2, 0) is 42.7 Å². The molecule has 0 aromatic carbocycles. The predicted molar refractivity (Wildman–Crippen MR) is 198 cm³/mol. The normalized spacial score (nSPS) is 12.1. The van der Waals surface area contributed by atoms with Crippen LogP contribution in [0.2, 0.25) is 0 Å². The van der Waals surface area contributed by atoms with Crippen molar-refractivity contribution in [2.45, 2.75) is 180 Å². The minimum absolute atomic E-state index is 0.0252. The summed E-state index contributed by atoms with van der Waals surface area (Å²) in [4.78, 5) is 25.3. The van der Waals surface area contributed by atoms with Gasteiger partial charge in [-0.25, -0.2) is 0 Å². The van der Waals surface area contributed by atoms with E-state index in [0.717, 1.165) is 38.5 Å². The molecule has 0 radical (unpaired) electrons. The molecular weight excluding hydrogens is 624 g/mol. The summed E-state index contributed by atoms with van der Waals surface area (Å²) in [5, 5.41) is 0. The third-order valence-electron chi connectivity index (χ3n) is 8.69. The Bertz CT molecular complexity index is 679. The molecule has 0 spiro atoms. The Morgan fingerprint density at radius 2 is 0.816 bits per heavy atom. The van der Waals surface area contributed by atoms with Crippen molar-refractivity contribution in [3.05, 3.63) is 0 Å². The lowest BCUT2D eigenvalue weighted by atomic mass is 10.1. The fraction of sp³-hybridized carbons (Fsp3) is 0.950. The highest BCUT2D eigenvalue weighted by Gasteiger charge is 2.20. The van der Waals surface area contributed by atoms with Gasteiger partial charge in [0.25, 0.3) is 0 Å². The molecule has 49 heavy (non-hydrogen) atoms. The maximum Gasteiger partial charge on any atom is 0.306 e. The summed E-state index contributed by atoms with van der Waals surface area (Å²) in [5.41, 5.74) is 0. The second-order valence-electron chi connectivity index (χ2n) is 13.5. The molecule has 0 rings (SSSR count). The SMILES string of the molecule is CCCCCCCCCCCCCC(=O)OCC(COC(COCCOC)COCCOC)OC(=O)CCCCCCCCCCCCC. The molecular formula is C40H78O9. The van der Waals surface area contributed by atoms with Gasteiger partial charge in [-0.05, 0) is 12.8 Å². The minimum Gasteiger partial charge on any atom is -0.462 e. The number of rotatable bonds is 40. The predicted octanol–water partition coefficient (Wildman–Crippen LogP) is 9.55. The molecule has 9 heteroatoms. The fourth-order valence-electron chi connectivity index (χ4n) is 5.59. The van der Waals surface area contributed by atoms with Crippen molar-refractivity contribution in [1.29, 1.82) is 0 Å². The van der Waals surface area contributed by atoms with E-state index in [-0.39, 0.29) is 31.3 Å². The van der Waals surface area contributed by atoms with E-state index < -0.39 is 6.10 Å². The Morgan fingerprint density at radius 3 is 1.22 bits per heavy atom. The largest absolute Gasteiger partial charge is 0.462 e. The number of ether oxygens (including phenoxy) is 7. The van der Waals surface area contributed by atoms with Crippen LogP contribution in [0.1, 0.15) is 168 Å². The van der Waals surface area contributed by atoms with Gasteiger partial charge in [0.1, 0.15) is 12.7 Å². The van der Waals surface area contributed by atoms with E-state index in [4.69, 9.17) is 33.2 Å². The average molecular weight is 703 g/mol. The molecule has 1 unspecified atom stereocenters. The van der Waals surface area contributed by atoms with Gasteiger partial charge in [-0.2, -0.15) is 0 Å². The van der Waals surface area contributed by atoms with Crippen molar-refractivity contribution in [3.63, 3.8) is 0 Å². The summed E-state index contributed by atoms with van der Waals surface area (Å²) in [6, 6.07) is 0. The summed E-state index contributed by atoms with van der Waals surface area (Å²) in [7, 11) is 3.25. The standard InChI is InChI=1S/C40H78O9/c1-5-7-9-11-13-15-17-19-21-23-25-27-39(41)48-36-38(35-47-37(33-45-31-29-43-3)34-46-32-30-44-4)49-40(42)28-26-24-22-20-18-16-14-12-10-8-6-2/h37-38H,5-36H2,1-4H3. The van der Waals surface area contributed by atoms with Crippen molar-refractivity contribution in [3.8, 4) is 0 Å². The molecule has 0 aliphatic carbocycles. The lowest BCUT2D eigenvalue weighted by Gasteiger charge is -2.23. The first-order valence-electron chi connectivity index (χ1n) is 20.2. The van der Waals surface area contributed by atoms with Crippen LogP contribution >= 0.6 is 0 Å². The van der Waals surface area contributed by atoms with Gasteiger partial charge in [0.05, 0.1) is 46.2 Å². The molecule has 0 N–H and O–H groups in total. The first-order valence-corrected chi connectivity index (χ1v) is 20.2. The second kappa shape index (κ2) is 39.5. The number of carbonyl (C=O) groups excluding carboxylic acids is 2. The maximum absolute atomic E-state index is 12.8. The van der Waals surface area contributed by atoms with Crippen LogP contribution in [0.3, 0.4) is 0 Å². The highest BCUT2D eigenvalue weighted by atomic mass is 16.6. The minimum atomic E-state index is -0.693. The zero-order valence-electron chi connectivity index (χ0n) is 32.5. The molecule has 9 nitrogen and oxygen atoms in total. The Balaban J connectivity index is 4.62. The molecule has 0 bridgehead atoms. The summed E-state index contributed by atoms with van der Waals surface area (Å²) < 4.78 is 38.9. The third-order valence-corrected chi connectivity index (χ3v) is 8.69. The van der Waals surface area contributed by atoms with E-state index in [1.54, 1.807) is 14.2 Å². The molecule has 0 aliphatic rings. The first-order chi connectivity index (χ1) is 24.1. The maximum atomic E-state index is 12.8. The lowest BCUT2D eigenvalue weighted by Crippen LogP contribution is -2.35. The zero-order chi connectivity index (χ0) is 35.9. The van der Waals surface area contributed by atoms with Gasteiger partial charge in [0.2, 0.25) is 0 Å².